The first-order valence-corrected chi connectivity index (χ1v) is 6.20. The molecule has 2 N–H and O–H groups in total. The first kappa shape index (κ1) is 15.0. The van der Waals surface area contributed by atoms with Gasteiger partial charge in [-0.15, -0.1) is 0 Å². The van der Waals surface area contributed by atoms with Crippen LogP contribution in [0.15, 0.2) is 18.2 Å². The van der Waals surface area contributed by atoms with Crippen LogP contribution in [0.2, 0.25) is 0 Å². The molecule has 0 aromatic heterocycles. The summed E-state index contributed by atoms with van der Waals surface area (Å²) in [5.74, 6) is 0.524. The summed E-state index contributed by atoms with van der Waals surface area (Å²) in [7, 11) is 1.53. The third-order valence-electron chi connectivity index (χ3n) is 2.74. The predicted octanol–water partition coefficient (Wildman–Crippen LogP) is 1.18. The van der Waals surface area contributed by atoms with Gasteiger partial charge < -0.3 is 15.4 Å². The zero-order valence-electron chi connectivity index (χ0n) is 11.5. The summed E-state index contributed by atoms with van der Waals surface area (Å²) < 4.78 is 5.14. The zero-order chi connectivity index (χ0) is 14.3. The number of nitrogens with one attached hydrogen (secondary N) is 2. The monoisotopic (exact) mass is 261 g/mol. The van der Waals surface area contributed by atoms with E-state index in [9.17, 15) is 4.79 Å². The molecule has 0 spiro atoms. The molecule has 1 amide bonds. The summed E-state index contributed by atoms with van der Waals surface area (Å²) in [6, 6.07) is 7.16. The molecule has 0 bridgehead atoms. The molecular formula is C14H19N3O2. The number of rotatable bonds is 6. The van der Waals surface area contributed by atoms with Gasteiger partial charge in [-0.2, -0.15) is 5.26 Å². The van der Waals surface area contributed by atoms with Gasteiger partial charge in [0.1, 0.15) is 11.8 Å². The van der Waals surface area contributed by atoms with Crippen molar-refractivity contribution in [1.29, 1.82) is 5.26 Å². The molecule has 0 heterocycles. The molecule has 0 saturated carbocycles. The van der Waals surface area contributed by atoms with Crippen molar-refractivity contribution in [1.82, 2.24) is 10.6 Å². The first-order valence-electron chi connectivity index (χ1n) is 6.20. The maximum atomic E-state index is 11.5. The van der Waals surface area contributed by atoms with Gasteiger partial charge in [0.15, 0.2) is 0 Å². The highest BCUT2D eigenvalue weighted by Gasteiger charge is 2.11. The smallest absolute Gasteiger partial charge is 0.236 e. The third kappa shape index (κ3) is 4.27. The molecule has 0 saturated heterocycles. The average molecular weight is 261 g/mol. The number of benzene rings is 1. The molecule has 5 nitrogen and oxygen atoms in total. The van der Waals surface area contributed by atoms with Crippen molar-refractivity contribution in [2.24, 2.45) is 0 Å². The highest BCUT2D eigenvalue weighted by atomic mass is 16.5. The Morgan fingerprint density at radius 2 is 2.26 bits per heavy atom. The lowest BCUT2D eigenvalue weighted by atomic mass is 10.1. The van der Waals surface area contributed by atoms with Crippen LogP contribution in [0.3, 0.4) is 0 Å². The van der Waals surface area contributed by atoms with Gasteiger partial charge in [0.05, 0.1) is 18.7 Å². The van der Waals surface area contributed by atoms with Crippen molar-refractivity contribution in [3.8, 4) is 11.8 Å². The molecule has 102 valence electrons. The first-order chi connectivity index (χ1) is 9.12. The largest absolute Gasteiger partial charge is 0.495 e. The van der Waals surface area contributed by atoms with E-state index < -0.39 is 0 Å². The van der Waals surface area contributed by atoms with E-state index in [2.05, 4.69) is 16.7 Å². The number of likely N-dealkylation sites (N-methyl/N-ethyl adjacent to an activating group) is 1. The fraction of sp³-hybridized carbons (Fsp3) is 0.429. The van der Waals surface area contributed by atoms with Gasteiger partial charge in [-0.05, 0) is 31.5 Å². The van der Waals surface area contributed by atoms with Crippen molar-refractivity contribution in [2.75, 3.05) is 13.7 Å². The van der Waals surface area contributed by atoms with Gasteiger partial charge in [0, 0.05) is 13.1 Å². The van der Waals surface area contributed by atoms with Crippen molar-refractivity contribution in [3.05, 3.63) is 29.3 Å². The van der Waals surface area contributed by atoms with Crippen molar-refractivity contribution < 1.29 is 9.53 Å². The van der Waals surface area contributed by atoms with Gasteiger partial charge in [-0.3, -0.25) is 4.79 Å². The van der Waals surface area contributed by atoms with E-state index in [1.54, 1.807) is 12.1 Å². The lowest BCUT2D eigenvalue weighted by molar-refractivity contribution is -0.122. The number of nitriles is 1. The number of carbonyl (C=O) groups excluding carboxylic acids is 1. The Hall–Kier alpha value is -2.06. The van der Waals surface area contributed by atoms with E-state index in [1.807, 2.05) is 19.9 Å². The molecule has 0 aliphatic rings. The molecule has 1 rings (SSSR count). The van der Waals surface area contributed by atoms with Crippen LogP contribution in [0, 0.1) is 11.3 Å². The molecule has 5 heteroatoms. The third-order valence-corrected chi connectivity index (χ3v) is 2.74. The number of methoxy groups -OCH3 is 1. The number of nitrogens with zero attached hydrogens (tertiary/aromatic N) is 1. The maximum absolute atomic E-state index is 11.5. The molecule has 0 aliphatic heterocycles. The van der Waals surface area contributed by atoms with E-state index in [1.165, 1.54) is 7.11 Å². The van der Waals surface area contributed by atoms with Crippen molar-refractivity contribution in [3.63, 3.8) is 0 Å². The van der Waals surface area contributed by atoms with Crippen molar-refractivity contribution >= 4 is 5.91 Å². The van der Waals surface area contributed by atoms with Gasteiger partial charge >= 0.3 is 0 Å². The minimum absolute atomic E-state index is 0.0249. The number of amides is 1. The van der Waals surface area contributed by atoms with Crippen LogP contribution in [0.25, 0.3) is 0 Å². The second kappa shape index (κ2) is 7.39. The molecule has 1 aromatic carbocycles. The Morgan fingerprint density at radius 1 is 1.53 bits per heavy atom. The Balaban J connectivity index is 2.63. The van der Waals surface area contributed by atoms with E-state index in [4.69, 9.17) is 10.00 Å². The number of hydrogen-bond acceptors (Lipinski definition) is 4. The quantitative estimate of drug-likeness (QED) is 0.806. The fourth-order valence-electron chi connectivity index (χ4n) is 1.63. The van der Waals surface area contributed by atoms with Crippen molar-refractivity contribution in [2.45, 2.75) is 26.4 Å². The predicted molar refractivity (Wildman–Crippen MR) is 72.7 cm³/mol. The molecule has 0 fully saturated rings. The summed E-state index contributed by atoms with van der Waals surface area (Å²) in [5, 5.41) is 14.8. The second-order valence-electron chi connectivity index (χ2n) is 4.14. The maximum Gasteiger partial charge on any atom is 0.236 e. The van der Waals surface area contributed by atoms with E-state index in [0.717, 1.165) is 5.56 Å². The van der Waals surface area contributed by atoms with Crippen LogP contribution in [-0.2, 0) is 11.3 Å². The van der Waals surface area contributed by atoms with Crippen LogP contribution < -0.4 is 15.4 Å². The van der Waals surface area contributed by atoms with Gasteiger partial charge in [0.2, 0.25) is 5.91 Å². The summed E-state index contributed by atoms with van der Waals surface area (Å²) in [6.45, 7) is 4.86. The highest BCUT2D eigenvalue weighted by molar-refractivity contribution is 5.81. The Labute approximate surface area is 113 Å². The molecule has 0 aliphatic carbocycles. The van der Waals surface area contributed by atoms with E-state index in [-0.39, 0.29) is 11.9 Å². The van der Waals surface area contributed by atoms with Gasteiger partial charge in [-0.25, -0.2) is 0 Å². The SMILES string of the molecule is CCNC(=O)C(C)NCc1ccc(C#N)c(OC)c1. The Kier molecular flexibility index (Phi) is 5.83. The minimum atomic E-state index is -0.262. The fourth-order valence-corrected chi connectivity index (χ4v) is 1.63. The van der Waals surface area contributed by atoms with E-state index >= 15 is 0 Å². The zero-order valence-corrected chi connectivity index (χ0v) is 11.5. The van der Waals surface area contributed by atoms with Gasteiger partial charge in [-0.1, -0.05) is 6.07 Å². The summed E-state index contributed by atoms with van der Waals surface area (Å²) in [5.41, 5.74) is 1.47. The standard InChI is InChI=1S/C14H19N3O2/c1-4-16-14(18)10(2)17-9-11-5-6-12(8-15)13(7-11)19-3/h5-7,10,17H,4,9H2,1-3H3,(H,16,18). The average Bonchev–Trinajstić information content (AvgIpc) is 2.44. The number of ether oxygens (including phenoxy) is 1. The second-order valence-corrected chi connectivity index (χ2v) is 4.14. The normalized spacial score (nSPS) is 11.5. The van der Waals surface area contributed by atoms with Crippen LogP contribution in [0.1, 0.15) is 25.0 Å². The molecule has 1 aromatic rings. The summed E-state index contributed by atoms with van der Waals surface area (Å²) >= 11 is 0. The Morgan fingerprint density at radius 3 is 2.84 bits per heavy atom. The highest BCUT2D eigenvalue weighted by Crippen LogP contribution is 2.19. The molecule has 0 radical (unpaired) electrons. The van der Waals surface area contributed by atoms with Crippen LogP contribution in [-0.4, -0.2) is 25.6 Å². The van der Waals surface area contributed by atoms with Crippen LogP contribution >= 0.6 is 0 Å². The Bertz CT molecular complexity index is 480. The number of carbonyl (C=O) groups is 1. The van der Waals surface area contributed by atoms with Crippen LogP contribution in [0.4, 0.5) is 0 Å². The molecule has 1 unspecified atom stereocenters. The number of hydrogen-bond donors (Lipinski definition) is 2. The van der Waals surface area contributed by atoms with Gasteiger partial charge in [0.25, 0.3) is 0 Å². The lowest BCUT2D eigenvalue weighted by Gasteiger charge is -2.14. The van der Waals surface area contributed by atoms with Crippen LogP contribution in [0.5, 0.6) is 5.75 Å². The minimum Gasteiger partial charge on any atom is -0.495 e. The molecule has 19 heavy (non-hydrogen) atoms. The summed E-state index contributed by atoms with van der Waals surface area (Å²) in [4.78, 5) is 11.5. The molecule has 1 atom stereocenters. The van der Waals surface area contributed by atoms with E-state index in [0.29, 0.717) is 24.4 Å². The molecular weight excluding hydrogens is 242 g/mol. The lowest BCUT2D eigenvalue weighted by Crippen LogP contribution is -2.41. The topological polar surface area (TPSA) is 74.2 Å². The summed E-state index contributed by atoms with van der Waals surface area (Å²) in [6.07, 6.45) is 0.